The molecule has 33 heavy (non-hydrogen) atoms. The summed E-state index contributed by atoms with van der Waals surface area (Å²) in [4.78, 5) is 20.8. The molecule has 2 heterocycles. The maximum absolute atomic E-state index is 14.0. The molecular weight excluding hydrogens is 419 g/mol. The Hall–Kier alpha value is -3.09. The second kappa shape index (κ2) is 8.69. The Morgan fingerprint density at radius 1 is 1.24 bits per heavy atom. The van der Waals surface area contributed by atoms with Crippen molar-refractivity contribution >= 4 is 22.8 Å². The molecule has 3 aromatic rings. The van der Waals surface area contributed by atoms with Crippen LogP contribution in [0.4, 0.5) is 14.9 Å². The average Bonchev–Trinajstić information content (AvgIpc) is 3.26. The molecule has 0 fully saturated rings. The van der Waals surface area contributed by atoms with Crippen LogP contribution in [-0.4, -0.2) is 50.8 Å². The van der Waals surface area contributed by atoms with Gasteiger partial charge in [-0.25, -0.2) is 14.2 Å². The van der Waals surface area contributed by atoms with Crippen molar-refractivity contribution < 1.29 is 14.3 Å². The van der Waals surface area contributed by atoms with Crippen molar-refractivity contribution in [3.63, 3.8) is 0 Å². The molecule has 1 aromatic heterocycles. The molecule has 2 aromatic carbocycles. The first-order valence-corrected chi connectivity index (χ1v) is 11.6. The van der Waals surface area contributed by atoms with E-state index in [4.69, 9.17) is 0 Å². The third-order valence-electron chi connectivity index (χ3n) is 6.80. The Kier molecular flexibility index (Phi) is 6.08. The molecule has 0 unspecified atom stereocenters. The highest BCUT2D eigenvalue weighted by Gasteiger charge is 2.42. The van der Waals surface area contributed by atoms with E-state index in [2.05, 4.69) is 30.7 Å². The summed E-state index contributed by atoms with van der Waals surface area (Å²) in [5.41, 5.74) is 2.86. The van der Waals surface area contributed by atoms with Crippen LogP contribution in [0.2, 0.25) is 0 Å². The summed E-state index contributed by atoms with van der Waals surface area (Å²) < 4.78 is 16.1. The zero-order valence-electron chi connectivity index (χ0n) is 19.9. The standard InChI is InChI=1S/C26H33FN4O2/c1-5-6-13-31(24(32)33)26(4,17-30-18-28-21-9-7-8-10-23(21)30)16-29-15-25(2,3)20-14-19(27)11-12-22(20)29/h7-12,14,18H,5-6,13,15-17H2,1-4H3,(H,32,33)/t26-/m0/s1. The first kappa shape index (κ1) is 23.1. The van der Waals surface area contributed by atoms with Gasteiger partial charge in [0.15, 0.2) is 0 Å². The molecule has 0 aliphatic carbocycles. The highest BCUT2D eigenvalue weighted by atomic mass is 19.1. The van der Waals surface area contributed by atoms with E-state index >= 15 is 0 Å². The van der Waals surface area contributed by atoms with Crippen LogP contribution in [-0.2, 0) is 12.0 Å². The predicted molar refractivity (Wildman–Crippen MR) is 129 cm³/mol. The fourth-order valence-corrected chi connectivity index (χ4v) is 5.16. The molecule has 4 rings (SSSR count). The van der Waals surface area contributed by atoms with Gasteiger partial charge in [-0.2, -0.15) is 0 Å². The number of aromatic nitrogens is 2. The molecule has 1 aliphatic heterocycles. The lowest BCUT2D eigenvalue weighted by atomic mass is 9.87. The molecule has 0 spiro atoms. The van der Waals surface area contributed by atoms with E-state index in [9.17, 15) is 14.3 Å². The third kappa shape index (κ3) is 4.41. The second-order valence-corrected chi connectivity index (χ2v) is 10.0. The molecule has 0 radical (unpaired) electrons. The Morgan fingerprint density at radius 3 is 2.73 bits per heavy atom. The Balaban J connectivity index is 1.74. The van der Waals surface area contributed by atoms with E-state index in [0.717, 1.165) is 35.1 Å². The average molecular weight is 453 g/mol. The van der Waals surface area contributed by atoms with E-state index in [1.165, 1.54) is 6.07 Å². The summed E-state index contributed by atoms with van der Waals surface area (Å²) in [7, 11) is 0. The minimum absolute atomic E-state index is 0.225. The fourth-order valence-electron chi connectivity index (χ4n) is 5.16. The molecule has 0 bridgehead atoms. The molecule has 0 saturated heterocycles. The number of para-hydroxylation sites is 2. The van der Waals surface area contributed by atoms with Crippen molar-refractivity contribution in [1.29, 1.82) is 0 Å². The minimum atomic E-state index is -0.923. The topological polar surface area (TPSA) is 61.6 Å². The summed E-state index contributed by atoms with van der Waals surface area (Å²) in [5, 5.41) is 10.2. The minimum Gasteiger partial charge on any atom is -0.465 e. The first-order chi connectivity index (χ1) is 15.6. The number of amides is 1. The molecule has 176 valence electrons. The number of anilines is 1. The van der Waals surface area contributed by atoms with Crippen molar-refractivity contribution in [1.82, 2.24) is 14.5 Å². The molecule has 1 atom stereocenters. The highest BCUT2D eigenvalue weighted by molar-refractivity contribution is 5.75. The van der Waals surface area contributed by atoms with Crippen LogP contribution in [0.25, 0.3) is 11.0 Å². The van der Waals surface area contributed by atoms with Gasteiger partial charge in [-0.3, -0.25) is 4.90 Å². The number of hydrogen-bond donors (Lipinski definition) is 1. The molecule has 6 nitrogen and oxygen atoms in total. The number of nitrogens with zero attached hydrogens (tertiary/aromatic N) is 4. The SMILES string of the molecule is CCCCN(C(=O)O)[C@@](C)(CN1CC(C)(C)c2cc(F)ccc21)Cn1cnc2ccccc21. The lowest BCUT2D eigenvalue weighted by Crippen LogP contribution is -2.58. The van der Waals surface area contributed by atoms with Crippen LogP contribution in [0, 0.1) is 5.82 Å². The Labute approximate surface area is 194 Å². The monoisotopic (exact) mass is 452 g/mol. The van der Waals surface area contributed by atoms with E-state index < -0.39 is 11.6 Å². The van der Waals surface area contributed by atoms with Gasteiger partial charge in [0.1, 0.15) is 5.82 Å². The molecule has 7 heteroatoms. The van der Waals surface area contributed by atoms with Crippen molar-refractivity contribution in [2.24, 2.45) is 0 Å². The van der Waals surface area contributed by atoms with E-state index in [-0.39, 0.29) is 11.2 Å². The third-order valence-corrected chi connectivity index (χ3v) is 6.80. The first-order valence-electron chi connectivity index (χ1n) is 11.6. The maximum atomic E-state index is 14.0. The largest absolute Gasteiger partial charge is 0.465 e. The van der Waals surface area contributed by atoms with Gasteiger partial charge in [-0.15, -0.1) is 0 Å². The Morgan fingerprint density at radius 2 is 2.00 bits per heavy atom. The Bertz CT molecular complexity index is 1160. The summed E-state index contributed by atoms with van der Waals surface area (Å²) in [6.07, 6.45) is 2.57. The van der Waals surface area contributed by atoms with Crippen LogP contribution in [0.5, 0.6) is 0 Å². The summed E-state index contributed by atoms with van der Waals surface area (Å²) in [5.74, 6) is -0.244. The van der Waals surface area contributed by atoms with Crippen LogP contribution in [0.3, 0.4) is 0 Å². The van der Waals surface area contributed by atoms with Gasteiger partial charge in [0.05, 0.1) is 22.9 Å². The van der Waals surface area contributed by atoms with E-state index in [1.54, 1.807) is 17.3 Å². The van der Waals surface area contributed by atoms with Gasteiger partial charge in [0.2, 0.25) is 0 Å². The van der Waals surface area contributed by atoms with Crippen molar-refractivity contribution in [3.8, 4) is 0 Å². The quantitative estimate of drug-likeness (QED) is 0.489. The van der Waals surface area contributed by atoms with Gasteiger partial charge >= 0.3 is 6.09 Å². The fraction of sp³-hybridized carbons (Fsp3) is 0.462. The number of fused-ring (bicyclic) bond motifs is 2. The van der Waals surface area contributed by atoms with Crippen LogP contribution in [0.15, 0.2) is 48.8 Å². The molecule has 1 N–H and O–H groups in total. The number of unbranched alkanes of at least 4 members (excludes halogenated alkanes) is 1. The smallest absolute Gasteiger partial charge is 0.407 e. The van der Waals surface area contributed by atoms with Crippen molar-refractivity contribution in [2.75, 3.05) is 24.5 Å². The number of halogens is 1. The number of benzene rings is 2. The lowest BCUT2D eigenvalue weighted by Gasteiger charge is -2.43. The van der Waals surface area contributed by atoms with Crippen LogP contribution < -0.4 is 4.90 Å². The van der Waals surface area contributed by atoms with Crippen molar-refractivity contribution in [2.45, 2.75) is 58.0 Å². The number of carbonyl (C=O) groups is 1. The van der Waals surface area contributed by atoms with E-state index in [0.29, 0.717) is 26.2 Å². The summed E-state index contributed by atoms with van der Waals surface area (Å²) in [6.45, 7) is 10.4. The lowest BCUT2D eigenvalue weighted by molar-refractivity contribution is 0.0759. The normalized spacial score (nSPS) is 16.6. The highest BCUT2D eigenvalue weighted by Crippen LogP contribution is 2.42. The summed E-state index contributed by atoms with van der Waals surface area (Å²) in [6, 6.07) is 12.8. The maximum Gasteiger partial charge on any atom is 0.407 e. The van der Waals surface area contributed by atoms with Crippen molar-refractivity contribution in [3.05, 3.63) is 60.2 Å². The van der Waals surface area contributed by atoms with Gasteiger partial charge in [-0.1, -0.05) is 39.3 Å². The second-order valence-electron chi connectivity index (χ2n) is 10.0. The number of hydrogen-bond acceptors (Lipinski definition) is 3. The molecule has 1 amide bonds. The van der Waals surface area contributed by atoms with Gasteiger partial charge in [-0.05, 0) is 49.2 Å². The number of carboxylic acid groups (broad SMARTS) is 1. The zero-order valence-corrected chi connectivity index (χ0v) is 19.9. The van der Waals surface area contributed by atoms with Gasteiger partial charge in [0, 0.05) is 37.3 Å². The van der Waals surface area contributed by atoms with Crippen LogP contribution in [0.1, 0.15) is 46.1 Å². The molecular formula is C26H33FN4O2. The van der Waals surface area contributed by atoms with E-state index in [1.807, 2.05) is 41.8 Å². The van der Waals surface area contributed by atoms with Gasteiger partial charge in [0.25, 0.3) is 0 Å². The zero-order chi connectivity index (χ0) is 23.8. The molecule has 0 saturated carbocycles. The molecule has 1 aliphatic rings. The van der Waals surface area contributed by atoms with Gasteiger partial charge < -0.3 is 14.6 Å². The number of rotatable bonds is 8. The number of imidazole rings is 1. The summed E-state index contributed by atoms with van der Waals surface area (Å²) >= 11 is 0. The predicted octanol–water partition coefficient (Wildman–Crippen LogP) is 5.51. The van der Waals surface area contributed by atoms with Crippen LogP contribution >= 0.6 is 0 Å².